The van der Waals surface area contributed by atoms with E-state index in [1.807, 2.05) is 72.8 Å². The van der Waals surface area contributed by atoms with E-state index < -0.39 is 0 Å². The Hall–Kier alpha value is -3.62. The summed E-state index contributed by atoms with van der Waals surface area (Å²) in [4.78, 5) is 26.9. The normalized spacial score (nSPS) is 16.3. The van der Waals surface area contributed by atoms with Crippen LogP contribution in [0.3, 0.4) is 0 Å². The highest BCUT2D eigenvalue weighted by molar-refractivity contribution is 8.26. The maximum absolute atomic E-state index is 12.7. The van der Waals surface area contributed by atoms with Gasteiger partial charge in [-0.2, -0.15) is 0 Å². The molecule has 34 heavy (non-hydrogen) atoms. The Morgan fingerprint density at radius 3 is 2.56 bits per heavy atom. The molecule has 3 aromatic carbocycles. The van der Waals surface area contributed by atoms with Crippen LogP contribution in [-0.2, 0) is 22.7 Å². The number of hydrogen-bond acceptors (Lipinski definition) is 6. The summed E-state index contributed by atoms with van der Waals surface area (Å²) in [5.41, 5.74) is 3.52. The first-order chi connectivity index (χ1) is 16.5. The van der Waals surface area contributed by atoms with Gasteiger partial charge in [-0.1, -0.05) is 72.5 Å². The summed E-state index contributed by atoms with van der Waals surface area (Å²) in [6.45, 7) is 0.876. The number of ether oxygens (including phenoxy) is 2. The summed E-state index contributed by atoms with van der Waals surface area (Å²) in [5.74, 6) is 1.05. The summed E-state index contributed by atoms with van der Waals surface area (Å²) >= 11 is 6.27. The van der Waals surface area contributed by atoms with Crippen molar-refractivity contribution in [2.45, 2.75) is 13.2 Å². The molecule has 3 aromatic rings. The third-order valence-corrected chi connectivity index (χ3v) is 6.54. The molecule has 2 heterocycles. The Balaban J connectivity index is 1.32. The smallest absolute Gasteiger partial charge is 0.265 e. The molecule has 0 radical (unpaired) electrons. The molecule has 2 aliphatic heterocycles. The lowest BCUT2D eigenvalue weighted by molar-refractivity contribution is -0.121. The van der Waals surface area contributed by atoms with Crippen LogP contribution in [0.1, 0.15) is 16.7 Å². The molecule has 0 atom stereocenters. The number of benzene rings is 3. The lowest BCUT2D eigenvalue weighted by Crippen LogP contribution is -2.38. The quantitative estimate of drug-likeness (QED) is 0.402. The molecule has 1 N–H and O–H groups in total. The van der Waals surface area contributed by atoms with E-state index in [0.717, 1.165) is 22.4 Å². The second-order valence-electron chi connectivity index (χ2n) is 7.77. The Morgan fingerprint density at radius 2 is 1.82 bits per heavy atom. The summed E-state index contributed by atoms with van der Waals surface area (Å²) < 4.78 is 11.9. The lowest BCUT2D eigenvalue weighted by Gasteiger charge is -2.30. The van der Waals surface area contributed by atoms with Crippen molar-refractivity contribution >= 4 is 51.9 Å². The minimum Gasteiger partial charge on any atom is -0.489 e. The zero-order valence-electron chi connectivity index (χ0n) is 18.0. The van der Waals surface area contributed by atoms with Gasteiger partial charge in [-0.15, -0.1) is 0 Å². The predicted molar refractivity (Wildman–Crippen MR) is 137 cm³/mol. The maximum atomic E-state index is 12.7. The minimum absolute atomic E-state index is 0.0156. The molecule has 0 unspecified atom stereocenters. The SMILES string of the molecule is O=C1NC(=S)S/C1=C/c1ccc2c(c1)N(Cc1ccc(OCc3ccccc3)cc1)C(=O)CO2. The van der Waals surface area contributed by atoms with Gasteiger partial charge in [0.1, 0.15) is 22.4 Å². The van der Waals surface area contributed by atoms with Crippen molar-refractivity contribution in [3.8, 4) is 11.5 Å². The van der Waals surface area contributed by atoms with Gasteiger partial charge in [-0.3, -0.25) is 9.59 Å². The van der Waals surface area contributed by atoms with Crippen LogP contribution in [0, 0.1) is 0 Å². The van der Waals surface area contributed by atoms with Gasteiger partial charge in [0.15, 0.2) is 6.61 Å². The summed E-state index contributed by atoms with van der Waals surface area (Å²) in [7, 11) is 0. The zero-order chi connectivity index (χ0) is 23.5. The van der Waals surface area contributed by atoms with Crippen molar-refractivity contribution in [2.24, 2.45) is 0 Å². The van der Waals surface area contributed by atoms with Crippen LogP contribution in [0.2, 0.25) is 0 Å². The highest BCUT2D eigenvalue weighted by Gasteiger charge is 2.27. The number of thiocarbonyl (C=S) groups is 1. The number of hydrogen-bond donors (Lipinski definition) is 1. The molecule has 5 rings (SSSR count). The first-order valence-corrected chi connectivity index (χ1v) is 11.9. The number of carbonyl (C=O) groups is 2. The molecule has 8 heteroatoms. The molecule has 0 aliphatic carbocycles. The third kappa shape index (κ3) is 4.98. The van der Waals surface area contributed by atoms with Crippen LogP contribution in [-0.4, -0.2) is 22.7 Å². The number of carbonyl (C=O) groups excluding carboxylic acids is 2. The number of amides is 2. The molecule has 0 saturated carbocycles. The number of nitrogens with zero attached hydrogens (tertiary/aromatic N) is 1. The minimum atomic E-state index is -0.216. The average molecular weight is 489 g/mol. The number of anilines is 1. The van der Waals surface area contributed by atoms with E-state index in [9.17, 15) is 9.59 Å². The van der Waals surface area contributed by atoms with Crippen molar-refractivity contribution in [1.82, 2.24) is 5.32 Å². The topological polar surface area (TPSA) is 67.9 Å². The molecule has 170 valence electrons. The molecule has 6 nitrogen and oxygen atoms in total. The Kier molecular flexibility index (Phi) is 6.33. The van der Waals surface area contributed by atoms with Crippen LogP contribution in [0.15, 0.2) is 77.7 Å². The van der Waals surface area contributed by atoms with E-state index in [1.54, 1.807) is 11.0 Å². The molecular formula is C26H20N2O4S2. The molecular weight excluding hydrogens is 468 g/mol. The lowest BCUT2D eigenvalue weighted by atomic mass is 10.1. The van der Waals surface area contributed by atoms with Gasteiger partial charge >= 0.3 is 0 Å². The molecule has 1 saturated heterocycles. The van der Waals surface area contributed by atoms with Crippen molar-refractivity contribution in [2.75, 3.05) is 11.5 Å². The molecule has 0 bridgehead atoms. The fraction of sp³-hybridized carbons (Fsp3) is 0.115. The zero-order valence-corrected chi connectivity index (χ0v) is 19.7. The molecule has 2 aliphatic rings. The van der Waals surface area contributed by atoms with Gasteiger partial charge in [0.25, 0.3) is 11.8 Å². The van der Waals surface area contributed by atoms with E-state index >= 15 is 0 Å². The molecule has 1 fully saturated rings. The first kappa shape index (κ1) is 22.2. The first-order valence-electron chi connectivity index (χ1n) is 10.6. The monoisotopic (exact) mass is 488 g/mol. The third-order valence-electron chi connectivity index (χ3n) is 5.38. The Bertz CT molecular complexity index is 1290. The summed E-state index contributed by atoms with van der Waals surface area (Å²) in [6, 6.07) is 23.2. The van der Waals surface area contributed by atoms with Crippen LogP contribution >= 0.6 is 24.0 Å². The van der Waals surface area contributed by atoms with Gasteiger partial charge < -0.3 is 19.7 Å². The number of rotatable bonds is 6. The van der Waals surface area contributed by atoms with Crippen molar-refractivity contribution in [3.05, 3.63) is 94.4 Å². The second-order valence-corrected chi connectivity index (χ2v) is 9.49. The summed E-state index contributed by atoms with van der Waals surface area (Å²) in [6.07, 6.45) is 1.76. The van der Waals surface area contributed by atoms with Gasteiger partial charge in [0, 0.05) is 0 Å². The van der Waals surface area contributed by atoms with Crippen LogP contribution in [0.5, 0.6) is 11.5 Å². The van der Waals surface area contributed by atoms with E-state index in [2.05, 4.69) is 5.32 Å². The Labute approximate surface area is 206 Å². The van der Waals surface area contributed by atoms with E-state index in [1.165, 1.54) is 11.8 Å². The number of nitrogens with one attached hydrogen (secondary N) is 1. The van der Waals surface area contributed by atoms with E-state index in [0.29, 0.717) is 33.8 Å². The van der Waals surface area contributed by atoms with Crippen molar-refractivity contribution < 1.29 is 19.1 Å². The van der Waals surface area contributed by atoms with E-state index in [-0.39, 0.29) is 18.4 Å². The maximum Gasteiger partial charge on any atom is 0.265 e. The van der Waals surface area contributed by atoms with Gasteiger partial charge in [0.2, 0.25) is 0 Å². The van der Waals surface area contributed by atoms with Crippen LogP contribution < -0.4 is 19.7 Å². The van der Waals surface area contributed by atoms with Crippen molar-refractivity contribution in [3.63, 3.8) is 0 Å². The summed E-state index contributed by atoms with van der Waals surface area (Å²) in [5, 5.41) is 2.61. The standard InChI is InChI=1S/C26H20N2O4S2/c29-24-16-32-22-11-8-19(13-23-25(30)27-26(33)34-23)12-21(22)28(24)14-17-6-9-20(10-7-17)31-15-18-4-2-1-3-5-18/h1-13H,14-16H2,(H,27,30,33)/b23-13+. The number of thioether (sulfide) groups is 1. The van der Waals surface area contributed by atoms with Crippen LogP contribution in [0.25, 0.3) is 6.08 Å². The van der Waals surface area contributed by atoms with Crippen LogP contribution in [0.4, 0.5) is 5.69 Å². The van der Waals surface area contributed by atoms with Gasteiger partial charge in [-0.05, 0) is 47.0 Å². The molecule has 2 amide bonds. The average Bonchev–Trinajstić information content (AvgIpc) is 3.17. The fourth-order valence-corrected chi connectivity index (χ4v) is 4.71. The van der Waals surface area contributed by atoms with Gasteiger partial charge in [-0.25, -0.2) is 0 Å². The fourth-order valence-electron chi connectivity index (χ4n) is 3.67. The largest absolute Gasteiger partial charge is 0.489 e. The number of fused-ring (bicyclic) bond motifs is 1. The van der Waals surface area contributed by atoms with E-state index in [4.69, 9.17) is 21.7 Å². The molecule has 0 spiro atoms. The Morgan fingerprint density at radius 1 is 1.03 bits per heavy atom. The molecule has 0 aromatic heterocycles. The second kappa shape index (κ2) is 9.70. The van der Waals surface area contributed by atoms with Crippen molar-refractivity contribution in [1.29, 1.82) is 0 Å². The highest BCUT2D eigenvalue weighted by atomic mass is 32.2. The predicted octanol–water partition coefficient (Wildman–Crippen LogP) is 4.68. The van der Waals surface area contributed by atoms with Gasteiger partial charge in [0.05, 0.1) is 17.1 Å². The highest BCUT2D eigenvalue weighted by Crippen LogP contribution is 2.36.